The van der Waals surface area contributed by atoms with E-state index in [1.165, 1.54) is 24.8 Å². The van der Waals surface area contributed by atoms with Gasteiger partial charge in [-0.05, 0) is 81.4 Å². The van der Waals surface area contributed by atoms with Crippen LogP contribution in [-0.2, 0) is 6.42 Å². The number of rotatable bonds is 9. The second kappa shape index (κ2) is 12.5. The number of anilines is 2. The first kappa shape index (κ1) is 27.6. The van der Waals surface area contributed by atoms with Gasteiger partial charge in [0.15, 0.2) is 0 Å². The van der Waals surface area contributed by atoms with Crippen LogP contribution in [-0.4, -0.2) is 56.8 Å². The van der Waals surface area contributed by atoms with E-state index < -0.39 is 0 Å². The van der Waals surface area contributed by atoms with E-state index in [4.69, 9.17) is 9.97 Å². The van der Waals surface area contributed by atoms with Gasteiger partial charge in [-0.25, -0.2) is 15.0 Å². The van der Waals surface area contributed by atoms with Crippen molar-refractivity contribution in [2.75, 3.05) is 26.0 Å². The molecule has 214 valence electrons. The van der Waals surface area contributed by atoms with Gasteiger partial charge in [0, 0.05) is 41.8 Å². The van der Waals surface area contributed by atoms with Crippen molar-refractivity contribution in [2.24, 2.45) is 0 Å². The molecule has 1 saturated carbocycles. The third kappa shape index (κ3) is 6.34. The first-order valence-electron chi connectivity index (χ1n) is 14.8. The molecule has 42 heavy (non-hydrogen) atoms. The Morgan fingerprint density at radius 3 is 2.60 bits per heavy atom. The lowest BCUT2D eigenvalue weighted by atomic mass is 9.95. The lowest BCUT2D eigenvalue weighted by Crippen LogP contribution is -2.36. The molecule has 1 aliphatic rings. The van der Waals surface area contributed by atoms with Crippen molar-refractivity contribution in [3.63, 3.8) is 0 Å². The predicted octanol–water partition coefficient (Wildman–Crippen LogP) is 6.37. The molecule has 0 spiro atoms. The fourth-order valence-corrected chi connectivity index (χ4v) is 5.55. The highest BCUT2D eigenvalue weighted by Crippen LogP contribution is 2.33. The van der Waals surface area contributed by atoms with Gasteiger partial charge < -0.3 is 15.5 Å². The summed E-state index contributed by atoms with van der Waals surface area (Å²) in [5.74, 6) is 0.473. The molecular formula is C34H37N7O. The Morgan fingerprint density at radius 2 is 1.79 bits per heavy atom. The topological polar surface area (TPSA) is 87.5 Å². The van der Waals surface area contributed by atoms with Gasteiger partial charge in [-0.3, -0.25) is 9.20 Å². The van der Waals surface area contributed by atoms with Gasteiger partial charge in [0.25, 0.3) is 5.91 Å². The third-order valence-corrected chi connectivity index (χ3v) is 7.82. The molecule has 2 aromatic carbocycles. The van der Waals surface area contributed by atoms with E-state index >= 15 is 0 Å². The maximum Gasteiger partial charge on any atom is 0.251 e. The average molecular weight is 560 g/mol. The van der Waals surface area contributed by atoms with E-state index in [0.717, 1.165) is 59.8 Å². The highest BCUT2D eigenvalue weighted by Gasteiger charge is 2.20. The van der Waals surface area contributed by atoms with Gasteiger partial charge in [0.1, 0.15) is 5.65 Å². The monoisotopic (exact) mass is 559 g/mol. The molecule has 3 heterocycles. The highest BCUT2D eigenvalue weighted by molar-refractivity contribution is 5.96. The number of carbonyl (C=O) groups excluding carboxylic acids is 1. The molecule has 3 aromatic heterocycles. The minimum Gasteiger partial charge on any atom is -0.349 e. The summed E-state index contributed by atoms with van der Waals surface area (Å²) in [4.78, 5) is 29.7. The molecule has 0 atom stereocenters. The van der Waals surface area contributed by atoms with Crippen LogP contribution >= 0.6 is 0 Å². The Balaban J connectivity index is 1.30. The van der Waals surface area contributed by atoms with Gasteiger partial charge in [0.2, 0.25) is 5.95 Å². The summed E-state index contributed by atoms with van der Waals surface area (Å²) in [6, 6.07) is 24.2. The van der Waals surface area contributed by atoms with Crippen molar-refractivity contribution in [3.8, 4) is 22.6 Å². The van der Waals surface area contributed by atoms with Crippen LogP contribution < -0.4 is 10.6 Å². The predicted molar refractivity (Wildman–Crippen MR) is 168 cm³/mol. The fraction of sp³-hybridized carbons (Fsp3) is 0.294. The molecule has 1 amide bonds. The molecule has 8 nitrogen and oxygen atoms in total. The van der Waals surface area contributed by atoms with Crippen molar-refractivity contribution in [1.29, 1.82) is 0 Å². The van der Waals surface area contributed by atoms with E-state index in [1.54, 1.807) is 6.20 Å². The standard InChI is InChI=1S/C34H37N7O/c1-40(2)22-19-24-14-16-28(17-15-24)37-34-35-20-18-29(38-34)32-31(39-30-13-6-7-21-41(30)32)25-9-8-10-26(23-25)33(42)36-27-11-4-3-5-12-27/h6-10,13-18,20-21,23,27H,3-5,11-12,19,22H2,1-2H3,(H,36,42)(H,35,37,38). The normalized spacial score (nSPS) is 13.9. The molecule has 0 saturated heterocycles. The Kier molecular flexibility index (Phi) is 8.23. The van der Waals surface area contributed by atoms with Crippen LogP contribution in [0.5, 0.6) is 0 Å². The largest absolute Gasteiger partial charge is 0.349 e. The number of hydrogen-bond acceptors (Lipinski definition) is 6. The maximum absolute atomic E-state index is 13.2. The van der Waals surface area contributed by atoms with Gasteiger partial charge >= 0.3 is 0 Å². The molecule has 6 rings (SSSR count). The molecular weight excluding hydrogens is 522 g/mol. The molecule has 0 bridgehead atoms. The van der Waals surface area contributed by atoms with Gasteiger partial charge in [-0.2, -0.15) is 0 Å². The molecule has 0 aliphatic heterocycles. The molecule has 0 unspecified atom stereocenters. The maximum atomic E-state index is 13.2. The van der Waals surface area contributed by atoms with E-state index in [1.807, 2.05) is 59.1 Å². The minimum atomic E-state index is -0.0321. The lowest BCUT2D eigenvalue weighted by Gasteiger charge is -2.22. The number of hydrogen-bond donors (Lipinski definition) is 2. The zero-order chi connectivity index (χ0) is 28.9. The summed E-state index contributed by atoms with van der Waals surface area (Å²) in [5, 5.41) is 6.59. The Hall–Kier alpha value is -4.56. The number of nitrogens with one attached hydrogen (secondary N) is 2. The number of imidazole rings is 1. The van der Waals surface area contributed by atoms with Crippen molar-refractivity contribution >= 4 is 23.2 Å². The molecule has 0 radical (unpaired) electrons. The number of fused-ring (bicyclic) bond motifs is 1. The number of aromatic nitrogens is 4. The number of pyridine rings is 1. The zero-order valence-corrected chi connectivity index (χ0v) is 24.3. The van der Waals surface area contributed by atoms with E-state index in [9.17, 15) is 4.79 Å². The molecule has 8 heteroatoms. The molecule has 1 fully saturated rings. The fourth-order valence-electron chi connectivity index (χ4n) is 5.55. The van der Waals surface area contributed by atoms with Crippen molar-refractivity contribution in [2.45, 2.75) is 44.6 Å². The van der Waals surface area contributed by atoms with Crippen molar-refractivity contribution < 1.29 is 4.79 Å². The summed E-state index contributed by atoms with van der Waals surface area (Å²) < 4.78 is 2.04. The van der Waals surface area contributed by atoms with Crippen LogP contribution in [0.3, 0.4) is 0 Å². The van der Waals surface area contributed by atoms with Gasteiger partial charge in [-0.1, -0.05) is 49.6 Å². The summed E-state index contributed by atoms with van der Waals surface area (Å²) in [7, 11) is 4.17. The molecule has 2 N–H and O–H groups in total. The molecule has 1 aliphatic carbocycles. The SMILES string of the molecule is CN(C)CCc1ccc(Nc2nccc(-c3c(-c4cccc(C(=O)NC5CCCCC5)c4)nc4ccccn34)n2)cc1. The van der Waals surface area contributed by atoms with E-state index in [0.29, 0.717) is 11.5 Å². The zero-order valence-electron chi connectivity index (χ0n) is 24.3. The lowest BCUT2D eigenvalue weighted by molar-refractivity contribution is 0.0927. The highest BCUT2D eigenvalue weighted by atomic mass is 16.1. The smallest absolute Gasteiger partial charge is 0.251 e. The van der Waals surface area contributed by atoms with Gasteiger partial charge in [0.05, 0.1) is 17.1 Å². The Labute approximate surface area is 246 Å². The summed E-state index contributed by atoms with van der Waals surface area (Å²) in [5.41, 5.74) is 6.88. The second-order valence-electron chi connectivity index (χ2n) is 11.3. The van der Waals surface area contributed by atoms with Crippen LogP contribution in [0.2, 0.25) is 0 Å². The quantitative estimate of drug-likeness (QED) is 0.218. The van der Waals surface area contributed by atoms with Crippen LogP contribution in [0.15, 0.2) is 85.2 Å². The van der Waals surface area contributed by atoms with Crippen LogP contribution in [0.1, 0.15) is 48.0 Å². The van der Waals surface area contributed by atoms with Gasteiger partial charge in [-0.15, -0.1) is 0 Å². The van der Waals surface area contributed by atoms with E-state index in [2.05, 4.69) is 58.9 Å². The number of likely N-dealkylation sites (N-methyl/N-ethyl adjacent to an activating group) is 1. The number of benzene rings is 2. The third-order valence-electron chi connectivity index (χ3n) is 7.82. The van der Waals surface area contributed by atoms with Crippen LogP contribution in [0.25, 0.3) is 28.3 Å². The van der Waals surface area contributed by atoms with Crippen LogP contribution in [0.4, 0.5) is 11.6 Å². The molecule has 5 aromatic rings. The second-order valence-corrected chi connectivity index (χ2v) is 11.3. The van der Waals surface area contributed by atoms with E-state index in [-0.39, 0.29) is 11.9 Å². The van der Waals surface area contributed by atoms with Crippen molar-refractivity contribution in [3.05, 3.63) is 96.3 Å². The van der Waals surface area contributed by atoms with Crippen LogP contribution in [0, 0.1) is 0 Å². The van der Waals surface area contributed by atoms with Crippen molar-refractivity contribution in [1.82, 2.24) is 29.6 Å². The average Bonchev–Trinajstić information content (AvgIpc) is 3.41. The minimum absolute atomic E-state index is 0.0321. The number of carbonyl (C=O) groups is 1. The summed E-state index contributed by atoms with van der Waals surface area (Å²) in [6.07, 6.45) is 10.4. The summed E-state index contributed by atoms with van der Waals surface area (Å²) >= 11 is 0. The Morgan fingerprint density at radius 1 is 0.952 bits per heavy atom. The first-order chi connectivity index (χ1) is 20.5. The Bertz CT molecular complexity index is 1670. The number of amides is 1. The summed E-state index contributed by atoms with van der Waals surface area (Å²) in [6.45, 7) is 1.01. The first-order valence-corrected chi connectivity index (χ1v) is 14.8. The number of nitrogens with zero attached hydrogens (tertiary/aromatic N) is 5.